The van der Waals surface area contributed by atoms with E-state index in [1.54, 1.807) is 0 Å². The van der Waals surface area contributed by atoms with Gasteiger partial charge in [0.15, 0.2) is 6.20 Å². The Labute approximate surface area is 243 Å². The van der Waals surface area contributed by atoms with E-state index in [0.29, 0.717) is 11.8 Å². The van der Waals surface area contributed by atoms with Gasteiger partial charge in [0.05, 0.1) is 10.9 Å². The number of pyridine rings is 1. The van der Waals surface area contributed by atoms with Crippen LogP contribution >= 0.6 is 0 Å². The van der Waals surface area contributed by atoms with Crippen molar-refractivity contribution in [3.05, 3.63) is 102 Å². The van der Waals surface area contributed by atoms with Gasteiger partial charge in [-0.05, 0) is 87.5 Å². The van der Waals surface area contributed by atoms with Gasteiger partial charge in [0.1, 0.15) is 18.5 Å². The predicted octanol–water partition coefficient (Wildman–Crippen LogP) is 10.1. The number of nitrogens with zero attached hydrogens (tertiary/aromatic N) is 1. The van der Waals surface area contributed by atoms with Crippen LogP contribution in [0, 0.1) is 18.8 Å². The molecule has 0 amide bonds. The molecule has 0 aliphatic carbocycles. The third-order valence-corrected chi connectivity index (χ3v) is 8.70. The first-order valence-electron chi connectivity index (χ1n) is 15.0. The summed E-state index contributed by atoms with van der Waals surface area (Å²) in [6.45, 7) is 11.5. The van der Waals surface area contributed by atoms with Gasteiger partial charge in [-0.2, -0.15) is 0 Å². The molecule has 6 aromatic rings. The second-order valence-electron chi connectivity index (χ2n) is 12.7. The highest BCUT2D eigenvalue weighted by Gasteiger charge is 2.33. The Morgan fingerprint density at radius 3 is 2.24 bits per heavy atom. The standard InChI is InChI=1S/C39H38NO/c1-23(2)18-26-12-15-30-32(20-26)25(5)36-38-37-31(16-17-40(38)6)33-21-28(27-10-8-7-9-11-27)13-14-29(33)22-35(37)41-39(36)34(30)19-24(3)4/h7-17,20-24H,18-19H2,1-6H3/q+1. The minimum absolute atomic E-state index is 0.517. The molecule has 204 valence electrons. The number of rotatable bonds is 5. The van der Waals surface area contributed by atoms with Crippen molar-refractivity contribution in [2.45, 2.75) is 47.5 Å². The largest absolute Gasteiger partial charge is 0.455 e. The highest BCUT2D eigenvalue weighted by atomic mass is 16.5. The number of hydrogen-bond acceptors (Lipinski definition) is 1. The zero-order valence-corrected chi connectivity index (χ0v) is 25.0. The van der Waals surface area contributed by atoms with Crippen molar-refractivity contribution >= 4 is 32.3 Å². The van der Waals surface area contributed by atoms with E-state index in [2.05, 4.69) is 131 Å². The summed E-state index contributed by atoms with van der Waals surface area (Å²) in [5.74, 6) is 3.13. The molecule has 0 atom stereocenters. The average molecular weight is 537 g/mol. The number of ether oxygens (including phenoxy) is 1. The van der Waals surface area contributed by atoms with Gasteiger partial charge < -0.3 is 4.74 Å². The first-order chi connectivity index (χ1) is 19.8. The van der Waals surface area contributed by atoms with Crippen molar-refractivity contribution < 1.29 is 9.30 Å². The van der Waals surface area contributed by atoms with Gasteiger partial charge in [-0.25, -0.2) is 4.57 Å². The lowest BCUT2D eigenvalue weighted by atomic mass is 9.84. The fourth-order valence-corrected chi connectivity index (χ4v) is 6.90. The lowest BCUT2D eigenvalue weighted by molar-refractivity contribution is -0.659. The summed E-state index contributed by atoms with van der Waals surface area (Å²) in [4.78, 5) is 0. The van der Waals surface area contributed by atoms with Crippen molar-refractivity contribution in [2.24, 2.45) is 18.9 Å². The van der Waals surface area contributed by atoms with Crippen molar-refractivity contribution in [2.75, 3.05) is 0 Å². The van der Waals surface area contributed by atoms with Gasteiger partial charge in [0.25, 0.3) is 0 Å². The quantitative estimate of drug-likeness (QED) is 0.158. The first kappa shape index (κ1) is 25.8. The fraction of sp³-hybridized carbons (Fsp3) is 0.256. The van der Waals surface area contributed by atoms with E-state index < -0.39 is 0 Å². The summed E-state index contributed by atoms with van der Waals surface area (Å²) in [7, 11) is 2.18. The van der Waals surface area contributed by atoms with E-state index in [-0.39, 0.29) is 0 Å². The fourth-order valence-electron chi connectivity index (χ4n) is 6.90. The lowest BCUT2D eigenvalue weighted by Gasteiger charge is -2.26. The molecule has 2 nitrogen and oxygen atoms in total. The second kappa shape index (κ2) is 9.73. The molecular formula is C39H38NO+. The van der Waals surface area contributed by atoms with Gasteiger partial charge >= 0.3 is 0 Å². The third-order valence-electron chi connectivity index (χ3n) is 8.70. The molecule has 0 saturated carbocycles. The molecule has 1 aromatic heterocycles. The molecule has 7 rings (SSSR count). The normalized spacial score (nSPS) is 12.5. The lowest BCUT2D eigenvalue weighted by Crippen LogP contribution is -2.32. The molecule has 0 N–H and O–H groups in total. The van der Waals surface area contributed by atoms with Crippen molar-refractivity contribution in [1.29, 1.82) is 0 Å². The van der Waals surface area contributed by atoms with E-state index in [4.69, 9.17) is 4.74 Å². The van der Waals surface area contributed by atoms with Crippen LogP contribution < -0.4 is 9.30 Å². The molecule has 1 aliphatic heterocycles. The predicted molar refractivity (Wildman–Crippen MR) is 173 cm³/mol. The van der Waals surface area contributed by atoms with Crippen LogP contribution in [0.3, 0.4) is 0 Å². The molecule has 5 aromatic carbocycles. The summed E-state index contributed by atoms with van der Waals surface area (Å²) in [6, 6.07) is 29.1. The van der Waals surface area contributed by atoms with Crippen LogP contribution in [0.2, 0.25) is 0 Å². The van der Waals surface area contributed by atoms with E-state index in [1.807, 2.05) is 0 Å². The van der Waals surface area contributed by atoms with Crippen LogP contribution in [0.5, 0.6) is 11.5 Å². The molecular weight excluding hydrogens is 498 g/mol. The maximum atomic E-state index is 7.03. The molecule has 0 spiro atoms. The van der Waals surface area contributed by atoms with Crippen LogP contribution in [0.1, 0.15) is 44.4 Å². The van der Waals surface area contributed by atoms with E-state index in [9.17, 15) is 0 Å². The Hall–Kier alpha value is -4.17. The monoisotopic (exact) mass is 536 g/mol. The maximum absolute atomic E-state index is 7.03. The topological polar surface area (TPSA) is 13.1 Å². The molecule has 0 saturated heterocycles. The number of hydrogen-bond donors (Lipinski definition) is 0. The number of aromatic nitrogens is 1. The molecule has 0 unspecified atom stereocenters. The minimum atomic E-state index is 0.517. The number of aryl methyl sites for hydroxylation is 2. The van der Waals surface area contributed by atoms with Crippen LogP contribution in [0.25, 0.3) is 54.7 Å². The van der Waals surface area contributed by atoms with Crippen molar-refractivity contribution in [1.82, 2.24) is 0 Å². The number of fused-ring (bicyclic) bond motifs is 5. The molecule has 2 heteroatoms. The summed E-state index contributed by atoms with van der Waals surface area (Å²) in [6.07, 6.45) is 4.29. The molecule has 41 heavy (non-hydrogen) atoms. The van der Waals surface area contributed by atoms with Crippen molar-refractivity contribution in [3.8, 4) is 33.9 Å². The van der Waals surface area contributed by atoms with Crippen LogP contribution in [0.4, 0.5) is 0 Å². The molecule has 0 radical (unpaired) electrons. The zero-order valence-electron chi connectivity index (χ0n) is 25.0. The minimum Gasteiger partial charge on any atom is -0.455 e. The SMILES string of the molecule is Cc1c2c(c(CC(C)C)c3ccc(CC(C)C)cc13)Oc1cc3ccc(-c4ccccc4)cc3c3cc[n+](C)c-2c13. The Morgan fingerprint density at radius 2 is 1.49 bits per heavy atom. The van der Waals surface area contributed by atoms with Crippen LogP contribution in [-0.2, 0) is 19.9 Å². The Bertz CT molecular complexity index is 1980. The van der Waals surface area contributed by atoms with E-state index in [0.717, 1.165) is 24.3 Å². The second-order valence-corrected chi connectivity index (χ2v) is 12.7. The summed E-state index contributed by atoms with van der Waals surface area (Å²) >= 11 is 0. The van der Waals surface area contributed by atoms with Gasteiger partial charge in [0.2, 0.25) is 5.69 Å². The number of benzene rings is 5. The molecule has 1 aliphatic rings. The van der Waals surface area contributed by atoms with Crippen LogP contribution in [-0.4, -0.2) is 0 Å². The van der Waals surface area contributed by atoms with Gasteiger partial charge in [0, 0.05) is 17.0 Å². The maximum Gasteiger partial charge on any atom is 0.228 e. The van der Waals surface area contributed by atoms with Gasteiger partial charge in [-0.15, -0.1) is 0 Å². The molecule has 0 fully saturated rings. The first-order valence-corrected chi connectivity index (χ1v) is 15.0. The van der Waals surface area contributed by atoms with Crippen LogP contribution in [0.15, 0.2) is 85.1 Å². The van der Waals surface area contributed by atoms with Crippen molar-refractivity contribution in [3.63, 3.8) is 0 Å². The molecule has 0 bridgehead atoms. The van der Waals surface area contributed by atoms with E-state index in [1.165, 1.54) is 71.4 Å². The summed E-state index contributed by atoms with van der Waals surface area (Å²) < 4.78 is 9.33. The van der Waals surface area contributed by atoms with Gasteiger partial charge in [-0.3, -0.25) is 0 Å². The average Bonchev–Trinajstić information content (AvgIpc) is 2.96. The highest BCUT2D eigenvalue weighted by Crippen LogP contribution is 2.52. The Balaban J connectivity index is 1.56. The smallest absolute Gasteiger partial charge is 0.228 e. The van der Waals surface area contributed by atoms with Gasteiger partial charge in [-0.1, -0.05) is 88.4 Å². The van der Waals surface area contributed by atoms with E-state index >= 15 is 0 Å². The highest BCUT2D eigenvalue weighted by molar-refractivity contribution is 6.17. The Kier molecular flexibility index (Phi) is 6.12. The summed E-state index contributed by atoms with van der Waals surface area (Å²) in [5, 5.41) is 7.60. The zero-order chi connectivity index (χ0) is 28.4. The summed E-state index contributed by atoms with van der Waals surface area (Å²) in [5.41, 5.74) is 9.01. The molecule has 2 heterocycles. The Morgan fingerprint density at radius 1 is 0.707 bits per heavy atom. The third kappa shape index (κ3) is 4.20.